The summed E-state index contributed by atoms with van der Waals surface area (Å²) in [5, 5.41) is 52.3. The van der Waals surface area contributed by atoms with E-state index in [0.717, 1.165) is 48.1 Å². The number of aromatic hydroxyl groups is 1. The van der Waals surface area contributed by atoms with E-state index in [9.17, 15) is 77.3 Å². The van der Waals surface area contributed by atoms with Gasteiger partial charge in [-0.1, -0.05) is 96.9 Å². The van der Waals surface area contributed by atoms with Crippen molar-refractivity contribution in [2.75, 3.05) is 42.6 Å². The van der Waals surface area contributed by atoms with Crippen LogP contribution in [0.5, 0.6) is 5.75 Å². The fourth-order valence-electron chi connectivity index (χ4n) is 10.3. The van der Waals surface area contributed by atoms with Gasteiger partial charge in [-0.15, -0.1) is 0 Å². The number of benzene rings is 1. The topological polar surface area (TPSA) is 482 Å². The van der Waals surface area contributed by atoms with Gasteiger partial charge in [0.25, 0.3) is 0 Å². The largest absolute Gasteiger partial charge is 0.508 e. The highest BCUT2D eigenvalue weighted by molar-refractivity contribution is 8.77. The Morgan fingerprint density at radius 1 is 0.660 bits per heavy atom. The Hall–Kier alpha value is -7.83. The molecule has 12 atom stereocenters. The number of imidazole rings is 1. The number of carbonyl (C=O) groups is 14. The second-order valence-corrected chi connectivity index (χ2v) is 29.4. The third-order valence-corrected chi connectivity index (χ3v) is 20.1. The van der Waals surface area contributed by atoms with E-state index in [-0.39, 0.29) is 91.4 Å². The number of aliphatic hydroxyl groups excluding tert-OH is 1. The average molecular weight is 1390 g/mol. The van der Waals surface area contributed by atoms with Crippen LogP contribution >= 0.6 is 43.2 Å². The summed E-state index contributed by atoms with van der Waals surface area (Å²) in [5.41, 5.74) is 6.61. The van der Waals surface area contributed by atoms with Gasteiger partial charge in [0.2, 0.25) is 82.7 Å². The van der Waals surface area contributed by atoms with Crippen LogP contribution in [0.15, 0.2) is 36.8 Å². The molecular weight excluding hydrogens is 1310 g/mol. The smallest absolute Gasteiger partial charge is 0.246 e. The first-order chi connectivity index (χ1) is 44.5. The Kier molecular flexibility index (Phi) is 28.9. The van der Waals surface area contributed by atoms with Crippen LogP contribution in [0.4, 0.5) is 0 Å². The van der Waals surface area contributed by atoms with E-state index in [1.54, 1.807) is 41.5 Å². The minimum atomic E-state index is -1.60. The maximum absolute atomic E-state index is 15.0. The van der Waals surface area contributed by atoms with Crippen molar-refractivity contribution in [3.63, 3.8) is 0 Å². The SMILES string of the molecule is CC(C)C[C@@H]1NC(=O)[C@H](Cc2ccc(O)cc2)NC(=O)CNC(=O)[C@@H]2CSSC[C@H](NC(=O)[C@H](CC(C)C)NC1=O)C(=O)N[C@@H](Cc1cnc[nH]1)C(=O)N1C[C@H](O)C[C@H]1C(=O)N[C@H](C(N)=O)CSSC[C@H](NC(=O)[C@@H](NC(=O)CNC(=O)[C@@H]1CCC(=O)N1)C(C)C)C(=O)N2. The zero-order chi connectivity index (χ0) is 68.9. The molecule has 6 rings (SSSR count). The first-order valence-corrected chi connectivity index (χ1v) is 35.6. The van der Waals surface area contributed by atoms with Gasteiger partial charge in [-0.2, -0.15) is 0 Å². The second kappa shape index (κ2) is 36.2. The normalized spacial score (nSPS) is 26.6. The maximum Gasteiger partial charge on any atom is 0.246 e. The zero-order valence-corrected chi connectivity index (χ0v) is 56.0. The van der Waals surface area contributed by atoms with E-state index in [4.69, 9.17) is 5.73 Å². The number of hydrogen-bond acceptors (Lipinski definition) is 21. The van der Waals surface area contributed by atoms with Crippen molar-refractivity contribution in [3.05, 3.63) is 48.0 Å². The lowest BCUT2D eigenvalue weighted by Crippen LogP contribution is -2.61. The Morgan fingerprint density at radius 2 is 1.26 bits per heavy atom. The number of H-pyrrole nitrogens is 1. The summed E-state index contributed by atoms with van der Waals surface area (Å²) >= 11 is 0. The van der Waals surface area contributed by atoms with Gasteiger partial charge in [0.15, 0.2) is 0 Å². The number of amides is 14. The molecule has 4 saturated heterocycles. The average Bonchev–Trinajstić information content (AvgIpc) is 1.63. The number of nitrogens with one attached hydrogen (secondary N) is 13. The Labute approximate surface area is 558 Å². The molecular formula is C58H84N16O16S4. The van der Waals surface area contributed by atoms with Crippen LogP contribution in [-0.2, 0) is 80.0 Å². The predicted molar refractivity (Wildman–Crippen MR) is 348 cm³/mol. The summed E-state index contributed by atoms with van der Waals surface area (Å²) < 4.78 is 0. The van der Waals surface area contributed by atoms with Gasteiger partial charge in [0.1, 0.15) is 72.2 Å². The summed E-state index contributed by atoms with van der Waals surface area (Å²) in [6.07, 6.45) is 1.06. The Bertz CT molecular complexity index is 3070. The van der Waals surface area contributed by atoms with Gasteiger partial charge in [0.05, 0.1) is 25.5 Å². The molecule has 1 aromatic carbocycles. The number of primary amides is 1. The minimum absolute atomic E-state index is 0.00120. The van der Waals surface area contributed by atoms with Crippen molar-refractivity contribution in [1.29, 1.82) is 0 Å². The molecule has 2 bridgehead atoms. The number of aliphatic hydroxyl groups is 1. The molecule has 4 fully saturated rings. The van der Waals surface area contributed by atoms with Crippen molar-refractivity contribution in [3.8, 4) is 5.75 Å². The predicted octanol–water partition coefficient (Wildman–Crippen LogP) is -4.24. The first kappa shape index (κ1) is 75.2. The van der Waals surface area contributed by atoms with Crippen LogP contribution in [0.25, 0.3) is 0 Å². The Morgan fingerprint density at radius 3 is 1.85 bits per heavy atom. The summed E-state index contributed by atoms with van der Waals surface area (Å²) in [4.78, 5) is 204. The number of nitrogens with two attached hydrogens (primary N) is 1. The molecule has 4 aliphatic heterocycles. The molecule has 1 aromatic heterocycles. The van der Waals surface area contributed by atoms with Crippen molar-refractivity contribution in [2.45, 2.75) is 159 Å². The number of phenols is 1. The summed E-state index contributed by atoms with van der Waals surface area (Å²) in [6.45, 7) is 8.52. The molecule has 2 aromatic rings. The van der Waals surface area contributed by atoms with Crippen LogP contribution in [0.3, 0.4) is 0 Å². The van der Waals surface area contributed by atoms with Crippen LogP contribution in [0, 0.1) is 17.8 Å². The van der Waals surface area contributed by atoms with E-state index in [1.165, 1.54) is 36.8 Å². The summed E-state index contributed by atoms with van der Waals surface area (Å²) in [5.74, 6) is -14.4. The van der Waals surface area contributed by atoms with Crippen LogP contribution in [0.1, 0.15) is 84.9 Å². The van der Waals surface area contributed by atoms with E-state index in [1.807, 2.05) is 0 Å². The minimum Gasteiger partial charge on any atom is -0.508 e. The molecule has 14 amide bonds. The second-order valence-electron chi connectivity index (χ2n) is 24.3. The van der Waals surface area contributed by atoms with Crippen LogP contribution in [0.2, 0.25) is 0 Å². The van der Waals surface area contributed by atoms with E-state index in [2.05, 4.69) is 73.8 Å². The van der Waals surface area contributed by atoms with Gasteiger partial charge in [-0.3, -0.25) is 67.1 Å². The molecule has 0 saturated carbocycles. The van der Waals surface area contributed by atoms with E-state index >= 15 is 0 Å². The van der Waals surface area contributed by atoms with Gasteiger partial charge in [0, 0.05) is 67.1 Å². The number of carbonyl (C=O) groups excluding carboxylic acids is 14. The zero-order valence-electron chi connectivity index (χ0n) is 52.7. The van der Waals surface area contributed by atoms with Gasteiger partial charge in [-0.05, 0) is 54.7 Å². The first-order valence-electron chi connectivity index (χ1n) is 30.6. The number of fused-ring (bicyclic) bond motifs is 6. The number of aromatic amines is 1. The van der Waals surface area contributed by atoms with Crippen LogP contribution < -0.4 is 69.5 Å². The molecule has 36 heteroatoms. The van der Waals surface area contributed by atoms with Crippen LogP contribution in [-0.4, -0.2) is 223 Å². The monoisotopic (exact) mass is 1390 g/mol. The molecule has 4 aliphatic rings. The lowest BCUT2D eigenvalue weighted by atomic mass is 9.99. The molecule has 32 nitrogen and oxygen atoms in total. The molecule has 516 valence electrons. The molecule has 17 N–H and O–H groups in total. The molecule has 0 unspecified atom stereocenters. The number of rotatable bonds is 16. The lowest BCUT2D eigenvalue weighted by Gasteiger charge is -2.31. The quantitative estimate of drug-likeness (QED) is 0.0708. The maximum atomic E-state index is 15.0. The number of hydrogen-bond donors (Lipinski definition) is 16. The summed E-state index contributed by atoms with van der Waals surface area (Å²) in [6, 6.07) is -9.74. The number of aromatic nitrogens is 2. The van der Waals surface area contributed by atoms with Crippen molar-refractivity contribution >= 4 is 126 Å². The molecule has 0 radical (unpaired) electrons. The standard InChI is InChI=1S/C58H84N16O16S4/c1-27(2)13-35-51(83)66-36(14-28(3)4)52(84)71-41-24-94-92-23-40(50(82)62-19-45(78)65-37(53(85)67-35)15-30-7-9-32(75)10-8-30)70-55(87)42(72-57(89)47(29(5)6)73-46(79)20-61-49(81)34-11-12-44(77)64-34)25-93-91-22-39(48(59)80)69-56(88)43-17-33(76)21-74(43)58(90)38(68-54(41)86)16-31-18-60-26-63-31/h7-10,18,26-29,33-43,47,75-76H,11-17,19-25H2,1-6H3,(H2,59,80)(H,60,63)(H,61,81)(H,62,82)(H,64,77)(H,65,78)(H,66,83)(H,67,85)(H,68,86)(H,69,88)(H,70,87)(H,71,84)(H,72,89)(H,73,79)/t33-,34+,35+,36+,37+,38+,39+,40+,41+,42+,43+,47+/m1/s1. The van der Waals surface area contributed by atoms with E-state index in [0.29, 0.717) is 11.3 Å². The van der Waals surface area contributed by atoms with Gasteiger partial charge >= 0.3 is 0 Å². The third kappa shape index (κ3) is 23.3. The number of nitrogens with zero attached hydrogens (tertiary/aromatic N) is 2. The lowest BCUT2D eigenvalue weighted by molar-refractivity contribution is -0.142. The highest BCUT2D eigenvalue weighted by Gasteiger charge is 2.44. The highest BCUT2D eigenvalue weighted by atomic mass is 33.1. The molecule has 5 heterocycles. The van der Waals surface area contributed by atoms with Crippen molar-refractivity contribution < 1.29 is 77.3 Å². The molecule has 0 spiro atoms. The third-order valence-electron chi connectivity index (χ3n) is 15.3. The van der Waals surface area contributed by atoms with Gasteiger partial charge in [-0.25, -0.2) is 4.98 Å². The number of phenolic OH excluding ortho intramolecular Hbond substituents is 1. The van der Waals surface area contributed by atoms with Gasteiger partial charge < -0.3 is 89.6 Å². The van der Waals surface area contributed by atoms with Crippen molar-refractivity contribution in [2.24, 2.45) is 23.5 Å². The van der Waals surface area contributed by atoms with Crippen molar-refractivity contribution in [1.82, 2.24) is 78.7 Å². The fraction of sp³-hybridized carbons (Fsp3) is 0.603. The van der Waals surface area contributed by atoms with E-state index < -0.39 is 175 Å². The highest BCUT2D eigenvalue weighted by Crippen LogP contribution is 2.27. The molecule has 94 heavy (non-hydrogen) atoms. The fourth-order valence-corrected chi connectivity index (χ4v) is 15.0. The Balaban J connectivity index is 1.41. The molecule has 0 aliphatic carbocycles. The summed E-state index contributed by atoms with van der Waals surface area (Å²) in [7, 11) is 3.67.